The van der Waals surface area contributed by atoms with E-state index in [0.29, 0.717) is 30.0 Å². The van der Waals surface area contributed by atoms with E-state index >= 15 is 0 Å². The number of benzene rings is 1. The molecule has 1 saturated heterocycles. The molecule has 0 saturated carbocycles. The number of rotatable bonds is 4. The van der Waals surface area contributed by atoms with Gasteiger partial charge in [0.15, 0.2) is 5.82 Å². The topological polar surface area (TPSA) is 73.9 Å². The number of hydrogen-bond donors (Lipinski definition) is 2. The quantitative estimate of drug-likeness (QED) is 0.570. The maximum atomic E-state index is 14.4. The highest BCUT2D eigenvalue weighted by Gasteiger charge is 2.36. The second-order valence-electron chi connectivity index (χ2n) is 6.69. The Labute approximate surface area is 172 Å². The van der Waals surface area contributed by atoms with Gasteiger partial charge in [0.2, 0.25) is 0 Å². The number of halogens is 2. The Balaban J connectivity index is 1.74. The summed E-state index contributed by atoms with van der Waals surface area (Å²) >= 11 is 3.37. The normalized spacial score (nSPS) is 19.0. The molecule has 1 aromatic carbocycles. The summed E-state index contributed by atoms with van der Waals surface area (Å²) in [6, 6.07) is 10.7. The molecule has 6 nitrogen and oxygen atoms in total. The maximum absolute atomic E-state index is 14.4. The van der Waals surface area contributed by atoms with E-state index in [2.05, 4.69) is 45.7 Å². The van der Waals surface area contributed by atoms with Crippen LogP contribution in [0.15, 0.2) is 53.3 Å². The van der Waals surface area contributed by atoms with Gasteiger partial charge in [-0.25, -0.2) is 9.37 Å². The first kappa shape index (κ1) is 19.0. The molecule has 1 fully saturated rings. The van der Waals surface area contributed by atoms with Crippen LogP contribution in [0, 0.1) is 0 Å². The highest BCUT2D eigenvalue weighted by Crippen LogP contribution is 2.40. The second-order valence-corrected chi connectivity index (χ2v) is 8.65. The van der Waals surface area contributed by atoms with Crippen molar-refractivity contribution < 1.29 is 9.18 Å². The lowest BCUT2D eigenvalue weighted by Crippen LogP contribution is -2.26. The molecule has 2 unspecified atom stereocenters. The predicted molar refractivity (Wildman–Crippen MR) is 114 cm³/mol. The second kappa shape index (κ2) is 7.60. The standard InChI is InChI=1S/C19H18BrFN5OP/c20-13-3-1-12(2-4-13)18(27)24-16-14(15-6-9-23-25-15)5-8-22-17(16)26-10-7-19(21,28)11-26/h1-6,8-9H,7,10-11,28H2,(H,23,25)(H,24,27). The molecule has 1 amide bonds. The van der Waals surface area contributed by atoms with Gasteiger partial charge in [-0.1, -0.05) is 25.2 Å². The van der Waals surface area contributed by atoms with Crippen LogP contribution >= 0.6 is 25.2 Å². The third-order valence-corrected chi connectivity index (χ3v) is 5.62. The smallest absolute Gasteiger partial charge is 0.255 e. The van der Waals surface area contributed by atoms with Crippen LogP contribution in [-0.2, 0) is 0 Å². The van der Waals surface area contributed by atoms with Crippen molar-refractivity contribution >= 4 is 42.6 Å². The van der Waals surface area contributed by atoms with Crippen LogP contribution in [0.3, 0.4) is 0 Å². The Morgan fingerprint density at radius 3 is 2.68 bits per heavy atom. The molecule has 2 N–H and O–H groups in total. The Morgan fingerprint density at radius 1 is 1.25 bits per heavy atom. The largest absolute Gasteiger partial charge is 0.351 e. The lowest BCUT2D eigenvalue weighted by atomic mass is 10.1. The van der Waals surface area contributed by atoms with E-state index in [-0.39, 0.29) is 12.5 Å². The number of H-pyrrole nitrogens is 1. The summed E-state index contributed by atoms with van der Waals surface area (Å²) in [5, 5.41) is 8.52. The fourth-order valence-corrected chi connectivity index (χ4v) is 3.82. The highest BCUT2D eigenvalue weighted by atomic mass is 79.9. The summed E-state index contributed by atoms with van der Waals surface area (Å²) in [5.41, 5.74) is 2.53. The number of nitrogens with one attached hydrogen (secondary N) is 2. The van der Waals surface area contributed by atoms with Gasteiger partial charge >= 0.3 is 0 Å². The number of alkyl halides is 1. The molecule has 28 heavy (non-hydrogen) atoms. The first-order valence-electron chi connectivity index (χ1n) is 8.71. The summed E-state index contributed by atoms with van der Waals surface area (Å²) < 4.78 is 15.3. The monoisotopic (exact) mass is 461 g/mol. The molecule has 2 atom stereocenters. The van der Waals surface area contributed by atoms with Gasteiger partial charge < -0.3 is 10.2 Å². The number of carbonyl (C=O) groups excluding carboxylic acids is 1. The predicted octanol–water partition coefficient (Wildman–Crippen LogP) is 4.24. The van der Waals surface area contributed by atoms with Gasteiger partial charge in [0, 0.05) is 41.0 Å². The van der Waals surface area contributed by atoms with Crippen molar-refractivity contribution in [3.05, 3.63) is 58.8 Å². The third kappa shape index (κ3) is 3.93. The first-order chi connectivity index (χ1) is 13.4. The Kier molecular flexibility index (Phi) is 5.17. The first-order valence-corrected chi connectivity index (χ1v) is 10.1. The Bertz CT molecular complexity index is 994. The van der Waals surface area contributed by atoms with E-state index in [1.54, 1.807) is 42.7 Å². The minimum Gasteiger partial charge on any atom is -0.351 e. The lowest BCUT2D eigenvalue weighted by Gasteiger charge is -2.23. The molecule has 2 aromatic heterocycles. The fourth-order valence-electron chi connectivity index (χ4n) is 3.21. The van der Waals surface area contributed by atoms with Crippen LogP contribution in [0.2, 0.25) is 0 Å². The molecular weight excluding hydrogens is 444 g/mol. The van der Waals surface area contributed by atoms with Gasteiger partial charge in [0.05, 0.1) is 17.9 Å². The van der Waals surface area contributed by atoms with Crippen molar-refractivity contribution in [2.45, 2.75) is 11.8 Å². The minimum atomic E-state index is -1.36. The van der Waals surface area contributed by atoms with Gasteiger partial charge in [0.25, 0.3) is 5.91 Å². The number of aromatic amines is 1. The summed E-state index contributed by atoms with van der Waals surface area (Å²) in [5.74, 6) is 0.277. The van der Waals surface area contributed by atoms with Gasteiger partial charge in [-0.05, 0) is 36.4 Å². The number of nitrogens with zero attached hydrogens (tertiary/aromatic N) is 3. The molecule has 3 aromatic rings. The zero-order chi connectivity index (χ0) is 19.7. The fraction of sp³-hybridized carbons (Fsp3) is 0.211. The Morgan fingerprint density at radius 2 is 2.04 bits per heavy atom. The summed E-state index contributed by atoms with van der Waals surface area (Å²) in [4.78, 5) is 19.2. The lowest BCUT2D eigenvalue weighted by molar-refractivity contribution is 0.102. The molecule has 0 bridgehead atoms. The average Bonchev–Trinajstić information content (AvgIpc) is 3.32. The number of anilines is 2. The number of pyridine rings is 1. The van der Waals surface area contributed by atoms with E-state index in [0.717, 1.165) is 15.7 Å². The maximum Gasteiger partial charge on any atom is 0.255 e. The number of amides is 1. The molecule has 4 rings (SSSR count). The molecular formula is C19H18BrFN5OP. The van der Waals surface area contributed by atoms with Crippen LogP contribution in [0.1, 0.15) is 16.8 Å². The van der Waals surface area contributed by atoms with Gasteiger partial charge in [-0.15, -0.1) is 0 Å². The number of aromatic nitrogens is 3. The van der Waals surface area contributed by atoms with Crippen molar-refractivity contribution in [2.75, 3.05) is 23.3 Å². The van der Waals surface area contributed by atoms with E-state index in [1.807, 2.05) is 11.0 Å². The van der Waals surface area contributed by atoms with Crippen LogP contribution < -0.4 is 10.2 Å². The van der Waals surface area contributed by atoms with Crippen LogP contribution in [0.4, 0.5) is 15.9 Å². The average molecular weight is 462 g/mol. The summed E-state index contributed by atoms with van der Waals surface area (Å²) in [6.45, 7) is 0.707. The van der Waals surface area contributed by atoms with Crippen LogP contribution in [0.5, 0.6) is 0 Å². The van der Waals surface area contributed by atoms with Crippen molar-refractivity contribution in [1.82, 2.24) is 15.2 Å². The molecule has 1 aliphatic rings. The van der Waals surface area contributed by atoms with Gasteiger partial charge in [-0.2, -0.15) is 5.10 Å². The molecule has 0 aliphatic carbocycles. The van der Waals surface area contributed by atoms with Crippen LogP contribution in [-0.4, -0.2) is 39.6 Å². The van der Waals surface area contributed by atoms with Crippen molar-refractivity contribution in [3.63, 3.8) is 0 Å². The van der Waals surface area contributed by atoms with Crippen LogP contribution in [0.25, 0.3) is 11.3 Å². The van der Waals surface area contributed by atoms with Crippen molar-refractivity contribution in [2.24, 2.45) is 0 Å². The Hall–Kier alpha value is -2.31. The molecule has 9 heteroatoms. The minimum absolute atomic E-state index is 0.193. The number of carbonyl (C=O) groups is 1. The van der Waals surface area contributed by atoms with E-state index in [9.17, 15) is 9.18 Å². The van der Waals surface area contributed by atoms with Gasteiger partial charge in [-0.3, -0.25) is 9.89 Å². The zero-order valence-electron chi connectivity index (χ0n) is 14.8. The van der Waals surface area contributed by atoms with E-state index in [4.69, 9.17) is 0 Å². The van der Waals surface area contributed by atoms with E-state index < -0.39 is 5.41 Å². The molecule has 0 radical (unpaired) electrons. The van der Waals surface area contributed by atoms with Gasteiger partial charge in [0.1, 0.15) is 5.41 Å². The summed E-state index contributed by atoms with van der Waals surface area (Å²) in [7, 11) is 2.27. The zero-order valence-corrected chi connectivity index (χ0v) is 17.6. The third-order valence-electron chi connectivity index (χ3n) is 4.62. The molecule has 3 heterocycles. The molecule has 144 valence electrons. The molecule has 0 spiro atoms. The van der Waals surface area contributed by atoms with E-state index in [1.165, 1.54) is 0 Å². The van der Waals surface area contributed by atoms with Crippen molar-refractivity contribution in [3.8, 4) is 11.3 Å². The summed E-state index contributed by atoms with van der Waals surface area (Å²) in [6.07, 6.45) is 3.68. The molecule has 1 aliphatic heterocycles. The highest BCUT2D eigenvalue weighted by molar-refractivity contribution is 9.10. The van der Waals surface area contributed by atoms with Crippen molar-refractivity contribution in [1.29, 1.82) is 0 Å². The number of hydrogen-bond acceptors (Lipinski definition) is 4. The SMILES string of the molecule is O=C(Nc1c(-c2ccn[nH]2)ccnc1N1CCC(F)(P)C1)c1ccc(Br)cc1.